The molecular weight excluding hydrogens is 557 g/mol. The number of rotatable bonds is 9. The monoisotopic (exact) mass is 586 g/mol. The van der Waals surface area contributed by atoms with Gasteiger partial charge in [-0.1, -0.05) is 18.0 Å². The number of fused-ring (bicyclic) bond motifs is 1. The largest absolute Gasteiger partial charge is 0.457 e. The molecule has 0 unspecified atom stereocenters. The summed E-state index contributed by atoms with van der Waals surface area (Å²) in [6.45, 7) is 3.80. The SMILES string of the molecule is Cn1c(Nc2ccc(Cl)c(C(F)(F)F)c2)nc2cc(Oc3ccnc(C(=O)NCCCN4CCCCC4)c3)ccc21. The van der Waals surface area contributed by atoms with Crippen molar-refractivity contribution in [3.05, 3.63) is 71.0 Å². The summed E-state index contributed by atoms with van der Waals surface area (Å²) in [7, 11) is 1.75. The maximum atomic E-state index is 13.3. The van der Waals surface area contributed by atoms with Crippen LogP contribution in [0.5, 0.6) is 11.5 Å². The standard InChI is InChI=1S/C29H30ClF3N6O2/c1-38-26-9-7-20(17-24(26)37-28(38)36-19-6-8-23(30)22(16-19)29(31,32)33)41-21-10-12-34-25(18-21)27(40)35-11-5-15-39-13-3-2-4-14-39/h6-10,12,16-18H,2-5,11,13-15H2,1H3,(H,35,40)(H,36,37). The summed E-state index contributed by atoms with van der Waals surface area (Å²) in [6, 6.07) is 12.1. The zero-order valence-electron chi connectivity index (χ0n) is 22.5. The number of alkyl halides is 3. The molecule has 8 nitrogen and oxygen atoms in total. The van der Waals surface area contributed by atoms with Gasteiger partial charge in [0.2, 0.25) is 5.95 Å². The van der Waals surface area contributed by atoms with E-state index in [1.807, 2.05) is 0 Å². The third-order valence-corrected chi connectivity index (χ3v) is 7.29. The number of hydrogen-bond acceptors (Lipinski definition) is 6. The first-order chi connectivity index (χ1) is 19.7. The number of piperidine rings is 1. The maximum Gasteiger partial charge on any atom is 0.417 e. The van der Waals surface area contributed by atoms with Crippen molar-refractivity contribution in [2.75, 3.05) is 31.5 Å². The van der Waals surface area contributed by atoms with E-state index in [-0.39, 0.29) is 22.3 Å². The molecule has 1 fully saturated rings. The molecule has 2 aromatic carbocycles. The van der Waals surface area contributed by atoms with E-state index in [4.69, 9.17) is 16.3 Å². The molecule has 0 atom stereocenters. The number of aromatic nitrogens is 3. The summed E-state index contributed by atoms with van der Waals surface area (Å²) < 4.78 is 47.5. The highest BCUT2D eigenvalue weighted by Crippen LogP contribution is 2.37. The molecule has 41 heavy (non-hydrogen) atoms. The number of carbonyl (C=O) groups is 1. The van der Waals surface area contributed by atoms with Gasteiger partial charge in [-0.05, 0) is 75.3 Å². The summed E-state index contributed by atoms with van der Waals surface area (Å²) in [5.74, 6) is 0.997. The first-order valence-electron chi connectivity index (χ1n) is 13.4. The number of aryl methyl sites for hydroxylation is 1. The lowest BCUT2D eigenvalue weighted by molar-refractivity contribution is -0.137. The van der Waals surface area contributed by atoms with Crippen LogP contribution in [-0.2, 0) is 13.2 Å². The van der Waals surface area contributed by atoms with Gasteiger partial charge < -0.3 is 24.8 Å². The Morgan fingerprint density at radius 2 is 1.83 bits per heavy atom. The number of hydrogen-bond donors (Lipinski definition) is 2. The fourth-order valence-corrected chi connectivity index (χ4v) is 5.04. The first-order valence-corrected chi connectivity index (χ1v) is 13.8. The molecule has 0 aliphatic carbocycles. The number of pyridine rings is 1. The number of nitrogens with zero attached hydrogens (tertiary/aromatic N) is 4. The third kappa shape index (κ3) is 7.09. The molecular formula is C29H30ClF3N6O2. The molecule has 3 heterocycles. The number of benzene rings is 2. The quantitative estimate of drug-likeness (QED) is 0.210. The average Bonchev–Trinajstić information content (AvgIpc) is 3.26. The third-order valence-electron chi connectivity index (χ3n) is 6.97. The number of amides is 1. The van der Waals surface area contributed by atoms with Gasteiger partial charge >= 0.3 is 6.18 Å². The Morgan fingerprint density at radius 3 is 2.61 bits per heavy atom. The summed E-state index contributed by atoms with van der Waals surface area (Å²) in [5, 5.41) is 5.48. The van der Waals surface area contributed by atoms with Crippen molar-refractivity contribution in [3.8, 4) is 11.5 Å². The van der Waals surface area contributed by atoms with Crippen molar-refractivity contribution in [2.45, 2.75) is 31.9 Å². The van der Waals surface area contributed by atoms with E-state index in [1.165, 1.54) is 37.6 Å². The fourth-order valence-electron chi connectivity index (χ4n) is 4.82. The lowest BCUT2D eigenvalue weighted by Gasteiger charge is -2.26. The molecule has 216 valence electrons. The molecule has 2 aromatic heterocycles. The van der Waals surface area contributed by atoms with Gasteiger partial charge in [-0.15, -0.1) is 0 Å². The normalized spacial score (nSPS) is 14.3. The summed E-state index contributed by atoms with van der Waals surface area (Å²) in [5.41, 5.74) is 0.835. The minimum absolute atomic E-state index is 0.200. The van der Waals surface area contributed by atoms with Crippen LogP contribution >= 0.6 is 11.6 Å². The van der Waals surface area contributed by atoms with Gasteiger partial charge in [-0.2, -0.15) is 13.2 Å². The second-order valence-corrected chi connectivity index (χ2v) is 10.4. The topological polar surface area (TPSA) is 84.3 Å². The highest BCUT2D eigenvalue weighted by Gasteiger charge is 2.33. The van der Waals surface area contributed by atoms with Crippen molar-refractivity contribution < 1.29 is 22.7 Å². The zero-order valence-corrected chi connectivity index (χ0v) is 23.2. The Bertz CT molecular complexity index is 1540. The van der Waals surface area contributed by atoms with Crippen molar-refractivity contribution >= 4 is 40.2 Å². The highest BCUT2D eigenvalue weighted by atomic mass is 35.5. The zero-order chi connectivity index (χ0) is 29.0. The second-order valence-electron chi connectivity index (χ2n) is 9.95. The first kappa shape index (κ1) is 28.7. The molecule has 1 amide bonds. The van der Waals surface area contributed by atoms with Crippen molar-refractivity contribution in [2.24, 2.45) is 7.05 Å². The molecule has 1 aliphatic heterocycles. The number of anilines is 2. The maximum absolute atomic E-state index is 13.3. The van der Waals surface area contributed by atoms with E-state index in [2.05, 4.69) is 25.5 Å². The van der Waals surface area contributed by atoms with E-state index in [0.717, 1.165) is 37.6 Å². The summed E-state index contributed by atoms with van der Waals surface area (Å²) in [4.78, 5) is 23.8. The van der Waals surface area contributed by atoms with Crippen molar-refractivity contribution in [1.29, 1.82) is 0 Å². The lowest BCUT2D eigenvalue weighted by Crippen LogP contribution is -2.33. The number of halogens is 4. The van der Waals surface area contributed by atoms with Gasteiger partial charge in [0, 0.05) is 37.6 Å². The smallest absolute Gasteiger partial charge is 0.417 e. The Morgan fingerprint density at radius 1 is 1.05 bits per heavy atom. The number of imidazole rings is 1. The molecule has 12 heteroatoms. The average molecular weight is 587 g/mol. The lowest BCUT2D eigenvalue weighted by atomic mass is 10.1. The predicted octanol–water partition coefficient (Wildman–Crippen LogP) is 6.78. The molecule has 0 saturated carbocycles. The van der Waals surface area contributed by atoms with E-state index in [1.54, 1.807) is 41.9 Å². The number of ether oxygens (including phenoxy) is 1. The molecule has 5 rings (SSSR count). The molecule has 0 bridgehead atoms. The Balaban J connectivity index is 1.23. The van der Waals surface area contributed by atoms with Crippen LogP contribution in [-0.4, -0.2) is 51.5 Å². The minimum Gasteiger partial charge on any atom is -0.457 e. The van der Waals surface area contributed by atoms with Crippen molar-refractivity contribution in [1.82, 2.24) is 24.8 Å². The predicted molar refractivity (Wildman–Crippen MR) is 152 cm³/mol. The van der Waals surface area contributed by atoms with Crippen LogP contribution in [0.15, 0.2) is 54.7 Å². The molecule has 1 aliphatic rings. The number of carbonyl (C=O) groups excluding carboxylic acids is 1. The van der Waals surface area contributed by atoms with E-state index in [9.17, 15) is 18.0 Å². The van der Waals surface area contributed by atoms with Crippen molar-refractivity contribution in [3.63, 3.8) is 0 Å². The molecule has 4 aromatic rings. The molecule has 0 radical (unpaired) electrons. The van der Waals surface area contributed by atoms with Crippen LogP contribution in [0.3, 0.4) is 0 Å². The van der Waals surface area contributed by atoms with Gasteiger partial charge in [-0.25, -0.2) is 4.98 Å². The van der Waals surface area contributed by atoms with E-state index >= 15 is 0 Å². The van der Waals surface area contributed by atoms with Crippen LogP contribution in [0.4, 0.5) is 24.8 Å². The number of likely N-dealkylation sites (tertiary alicyclic amines) is 1. The van der Waals surface area contributed by atoms with Gasteiger partial charge in [0.1, 0.15) is 17.2 Å². The van der Waals surface area contributed by atoms with Gasteiger partial charge in [-0.3, -0.25) is 9.78 Å². The van der Waals surface area contributed by atoms with Gasteiger partial charge in [0.15, 0.2) is 0 Å². The van der Waals surface area contributed by atoms with E-state index < -0.39 is 11.7 Å². The van der Waals surface area contributed by atoms with Crippen LogP contribution in [0, 0.1) is 0 Å². The van der Waals surface area contributed by atoms with E-state index in [0.29, 0.717) is 29.5 Å². The number of nitrogens with one attached hydrogen (secondary N) is 2. The van der Waals surface area contributed by atoms with Crippen LogP contribution in [0.1, 0.15) is 41.7 Å². The summed E-state index contributed by atoms with van der Waals surface area (Å²) in [6.07, 6.45) is 1.59. The minimum atomic E-state index is -4.58. The molecule has 1 saturated heterocycles. The Kier molecular flexibility index (Phi) is 8.65. The summed E-state index contributed by atoms with van der Waals surface area (Å²) >= 11 is 5.74. The fraction of sp³-hybridized carbons (Fsp3) is 0.345. The molecule has 0 spiro atoms. The Labute approximate surface area is 240 Å². The van der Waals surface area contributed by atoms with Gasteiger partial charge in [0.05, 0.1) is 21.6 Å². The molecule has 2 N–H and O–H groups in total. The highest BCUT2D eigenvalue weighted by molar-refractivity contribution is 6.31. The van der Waals surface area contributed by atoms with Crippen LogP contribution in [0.25, 0.3) is 11.0 Å². The van der Waals surface area contributed by atoms with Crippen LogP contribution in [0.2, 0.25) is 5.02 Å². The second kappa shape index (κ2) is 12.4. The Hall–Kier alpha value is -3.83. The van der Waals surface area contributed by atoms with Gasteiger partial charge in [0.25, 0.3) is 5.91 Å². The van der Waals surface area contributed by atoms with Crippen LogP contribution < -0.4 is 15.4 Å².